The molecule has 1 aliphatic carbocycles. The molecular formula is C30H34N6O2. The molecule has 3 aromatic rings. The molecule has 2 aliphatic heterocycles. The van der Waals surface area contributed by atoms with Gasteiger partial charge >= 0.3 is 0 Å². The van der Waals surface area contributed by atoms with Crippen molar-refractivity contribution in [3.05, 3.63) is 48.9 Å². The Hall–Kier alpha value is -3.83. The topological polar surface area (TPSA) is 89.5 Å². The van der Waals surface area contributed by atoms with Crippen LogP contribution in [0.3, 0.4) is 0 Å². The van der Waals surface area contributed by atoms with Gasteiger partial charge in [-0.05, 0) is 62.3 Å². The lowest BCUT2D eigenvalue weighted by molar-refractivity contribution is -0.127. The Balaban J connectivity index is 1.22. The van der Waals surface area contributed by atoms with Gasteiger partial charge in [0.15, 0.2) is 0 Å². The van der Waals surface area contributed by atoms with E-state index in [2.05, 4.69) is 52.3 Å². The van der Waals surface area contributed by atoms with Crippen LogP contribution >= 0.6 is 0 Å². The summed E-state index contributed by atoms with van der Waals surface area (Å²) in [4.78, 5) is 25.0. The summed E-state index contributed by atoms with van der Waals surface area (Å²) in [5, 5.41) is 0.832. The Bertz CT molecular complexity index is 1450. The van der Waals surface area contributed by atoms with Crippen molar-refractivity contribution in [1.29, 1.82) is 0 Å². The lowest BCUT2D eigenvalue weighted by Gasteiger charge is -2.45. The second-order valence-electron chi connectivity index (χ2n) is 11.0. The van der Waals surface area contributed by atoms with E-state index in [4.69, 9.17) is 10.5 Å². The number of benzene rings is 1. The largest absolute Gasteiger partial charge is 0.488 e. The quantitative estimate of drug-likeness (QED) is 0.417. The zero-order valence-corrected chi connectivity index (χ0v) is 22.1. The minimum atomic E-state index is -0.0213. The van der Waals surface area contributed by atoms with Gasteiger partial charge < -0.3 is 19.9 Å². The van der Waals surface area contributed by atoms with Gasteiger partial charge in [-0.3, -0.25) is 9.69 Å². The SMILES string of the molecule is C=CC(=O)N1CCC(N2CC(C#Cc3c(-c4ccc(OC5(C)CC5)cc4)c4c(N)ncnc4n3C)C2)CC1. The van der Waals surface area contributed by atoms with Gasteiger partial charge in [0.1, 0.15) is 34.8 Å². The minimum Gasteiger partial charge on any atom is -0.488 e. The highest BCUT2D eigenvalue weighted by Gasteiger charge is 2.40. The molecule has 1 aromatic carbocycles. The van der Waals surface area contributed by atoms with Crippen LogP contribution in [0, 0.1) is 17.8 Å². The Kier molecular flexibility index (Phi) is 6.11. The summed E-state index contributed by atoms with van der Waals surface area (Å²) in [6, 6.07) is 8.70. The summed E-state index contributed by atoms with van der Waals surface area (Å²) >= 11 is 0. The van der Waals surface area contributed by atoms with Crippen molar-refractivity contribution in [3.63, 3.8) is 0 Å². The summed E-state index contributed by atoms with van der Waals surface area (Å²) in [7, 11) is 1.99. The van der Waals surface area contributed by atoms with Crippen molar-refractivity contribution in [3.8, 4) is 28.7 Å². The molecule has 2 aromatic heterocycles. The van der Waals surface area contributed by atoms with E-state index >= 15 is 0 Å². The fraction of sp³-hybridized carbons (Fsp3) is 0.433. The summed E-state index contributed by atoms with van der Waals surface area (Å²) in [5.41, 5.74) is 9.99. The fourth-order valence-electron chi connectivity index (χ4n) is 5.61. The number of fused-ring (bicyclic) bond motifs is 1. The molecule has 0 radical (unpaired) electrons. The number of nitrogens with two attached hydrogens (primary N) is 1. The van der Waals surface area contributed by atoms with Gasteiger partial charge in [-0.2, -0.15) is 0 Å². The number of nitrogens with zero attached hydrogens (tertiary/aromatic N) is 5. The monoisotopic (exact) mass is 510 g/mol. The second-order valence-corrected chi connectivity index (χ2v) is 11.0. The Labute approximate surface area is 223 Å². The maximum absolute atomic E-state index is 11.9. The van der Waals surface area contributed by atoms with Gasteiger partial charge in [-0.1, -0.05) is 24.6 Å². The maximum Gasteiger partial charge on any atom is 0.245 e. The van der Waals surface area contributed by atoms with Crippen LogP contribution < -0.4 is 10.5 Å². The lowest BCUT2D eigenvalue weighted by atomic mass is 9.93. The number of hydrogen-bond donors (Lipinski definition) is 1. The maximum atomic E-state index is 11.9. The van der Waals surface area contributed by atoms with E-state index in [1.54, 1.807) is 0 Å². The highest BCUT2D eigenvalue weighted by Crippen LogP contribution is 2.41. The van der Waals surface area contributed by atoms with Crippen LogP contribution in [0.25, 0.3) is 22.2 Å². The van der Waals surface area contributed by atoms with Crippen molar-refractivity contribution in [2.45, 2.75) is 44.2 Å². The average Bonchev–Trinajstić information content (AvgIpc) is 3.56. The number of hydrogen-bond acceptors (Lipinski definition) is 6. The van der Waals surface area contributed by atoms with Crippen molar-refractivity contribution in [1.82, 2.24) is 24.3 Å². The third-order valence-corrected chi connectivity index (χ3v) is 8.23. The van der Waals surface area contributed by atoms with Crippen LogP contribution in [0.2, 0.25) is 0 Å². The standard InChI is InChI=1S/C30H34N6O2/c1-4-25(37)35-15-11-22(12-16-35)36-17-20(18-36)5-10-24-26(27-28(31)32-19-33-29(27)34(24)3)21-6-8-23(9-7-21)38-30(2)13-14-30/h4,6-9,19-20,22H,1,11-18H2,2-3H3,(H2,31,32,33). The van der Waals surface area contributed by atoms with Crippen LogP contribution in [-0.4, -0.2) is 68.1 Å². The molecule has 1 amide bonds. The number of amides is 1. The number of piperidine rings is 1. The Morgan fingerprint density at radius 3 is 2.55 bits per heavy atom. The molecule has 196 valence electrons. The van der Waals surface area contributed by atoms with Crippen molar-refractivity contribution < 1.29 is 9.53 Å². The number of ether oxygens (including phenoxy) is 1. The molecule has 0 bridgehead atoms. The fourth-order valence-corrected chi connectivity index (χ4v) is 5.61. The zero-order chi connectivity index (χ0) is 26.4. The van der Waals surface area contributed by atoms with E-state index in [1.165, 1.54) is 12.4 Å². The minimum absolute atomic E-state index is 0.0213. The Morgan fingerprint density at radius 1 is 1.18 bits per heavy atom. The molecule has 3 aliphatic rings. The predicted molar refractivity (Wildman–Crippen MR) is 148 cm³/mol. The molecule has 6 rings (SSSR count). The molecule has 0 atom stereocenters. The van der Waals surface area contributed by atoms with E-state index in [0.29, 0.717) is 17.8 Å². The number of rotatable bonds is 5. The Morgan fingerprint density at radius 2 is 1.89 bits per heavy atom. The summed E-state index contributed by atoms with van der Waals surface area (Å²) in [6.07, 6.45) is 7.11. The van der Waals surface area contributed by atoms with Crippen LogP contribution in [0.1, 0.15) is 38.3 Å². The highest BCUT2D eigenvalue weighted by atomic mass is 16.5. The summed E-state index contributed by atoms with van der Waals surface area (Å²) in [5.74, 6) is 8.68. The van der Waals surface area contributed by atoms with Crippen LogP contribution in [-0.2, 0) is 11.8 Å². The smallest absolute Gasteiger partial charge is 0.245 e. The number of carbonyl (C=O) groups is 1. The molecule has 0 unspecified atom stereocenters. The molecule has 8 heteroatoms. The number of anilines is 1. The zero-order valence-electron chi connectivity index (χ0n) is 22.1. The molecule has 3 fully saturated rings. The number of nitrogen functional groups attached to an aromatic ring is 1. The van der Waals surface area contributed by atoms with Gasteiger partial charge in [0.25, 0.3) is 0 Å². The van der Waals surface area contributed by atoms with Crippen LogP contribution in [0.4, 0.5) is 5.82 Å². The first-order valence-electron chi connectivity index (χ1n) is 13.4. The van der Waals surface area contributed by atoms with Crippen LogP contribution in [0.5, 0.6) is 5.75 Å². The average molecular weight is 511 g/mol. The number of aromatic nitrogens is 3. The van der Waals surface area contributed by atoms with Gasteiger partial charge in [-0.25, -0.2) is 9.97 Å². The van der Waals surface area contributed by atoms with Gasteiger partial charge in [0.05, 0.1) is 5.39 Å². The lowest BCUT2D eigenvalue weighted by Crippen LogP contribution is -2.55. The van der Waals surface area contributed by atoms with E-state index in [0.717, 1.165) is 85.5 Å². The van der Waals surface area contributed by atoms with Gasteiger partial charge in [0, 0.05) is 50.7 Å². The van der Waals surface area contributed by atoms with Crippen molar-refractivity contribution in [2.75, 3.05) is 31.9 Å². The third-order valence-electron chi connectivity index (χ3n) is 8.23. The number of carbonyl (C=O) groups excluding carboxylic acids is 1. The highest BCUT2D eigenvalue weighted by molar-refractivity contribution is 6.03. The molecule has 2 saturated heterocycles. The van der Waals surface area contributed by atoms with Gasteiger partial charge in [-0.15, -0.1) is 0 Å². The van der Waals surface area contributed by atoms with E-state index < -0.39 is 0 Å². The van der Waals surface area contributed by atoms with E-state index in [1.807, 2.05) is 28.6 Å². The molecule has 1 saturated carbocycles. The summed E-state index contributed by atoms with van der Waals surface area (Å²) < 4.78 is 8.15. The first kappa shape index (κ1) is 24.5. The molecule has 0 spiro atoms. The van der Waals surface area contributed by atoms with Crippen molar-refractivity contribution in [2.24, 2.45) is 13.0 Å². The van der Waals surface area contributed by atoms with E-state index in [9.17, 15) is 4.79 Å². The number of aryl methyl sites for hydroxylation is 1. The van der Waals surface area contributed by atoms with E-state index in [-0.39, 0.29) is 11.5 Å². The third kappa shape index (κ3) is 4.52. The van der Waals surface area contributed by atoms with Crippen molar-refractivity contribution >= 4 is 22.8 Å². The molecule has 4 heterocycles. The summed E-state index contributed by atoms with van der Waals surface area (Å²) in [6.45, 7) is 9.26. The normalized spacial score (nSPS) is 19.5. The molecule has 38 heavy (non-hydrogen) atoms. The predicted octanol–water partition coefficient (Wildman–Crippen LogP) is 3.61. The number of likely N-dealkylation sites (tertiary alicyclic amines) is 2. The second kappa shape index (κ2) is 9.48. The van der Waals surface area contributed by atoms with Crippen LogP contribution in [0.15, 0.2) is 43.2 Å². The first-order valence-corrected chi connectivity index (χ1v) is 13.4. The first-order chi connectivity index (χ1) is 18.3. The van der Waals surface area contributed by atoms with Gasteiger partial charge in [0.2, 0.25) is 5.91 Å². The molecule has 2 N–H and O–H groups in total. The molecule has 8 nitrogen and oxygen atoms in total. The molecular weight excluding hydrogens is 476 g/mol.